The minimum Gasteiger partial charge on any atom is -0.379 e. The van der Waals surface area contributed by atoms with Crippen molar-refractivity contribution in [2.45, 2.75) is 25.4 Å². The van der Waals surface area contributed by atoms with Gasteiger partial charge in [-0.1, -0.05) is 0 Å². The minimum atomic E-state index is -0.290. The number of hydrogen-bond donors (Lipinski definition) is 2. The smallest absolute Gasteiger partial charge is 0.342 e. The van der Waals surface area contributed by atoms with Crippen molar-refractivity contribution < 1.29 is 14.3 Å². The Morgan fingerprint density at radius 3 is 3.28 bits per heavy atom. The van der Waals surface area contributed by atoms with Gasteiger partial charge in [0, 0.05) is 18.7 Å². The Morgan fingerprint density at radius 2 is 2.50 bits per heavy atom. The van der Waals surface area contributed by atoms with Gasteiger partial charge in [-0.05, 0) is 6.42 Å². The fourth-order valence-electron chi connectivity index (χ4n) is 2.21. The van der Waals surface area contributed by atoms with Gasteiger partial charge in [0.2, 0.25) is 5.91 Å². The van der Waals surface area contributed by atoms with E-state index in [4.69, 9.17) is 4.74 Å². The van der Waals surface area contributed by atoms with E-state index in [1.165, 1.54) is 4.68 Å². The lowest BCUT2D eigenvalue weighted by Gasteiger charge is -2.15. The number of aromatic nitrogens is 2. The van der Waals surface area contributed by atoms with Crippen molar-refractivity contribution in [1.82, 2.24) is 20.4 Å². The quantitative estimate of drug-likeness (QED) is 0.697. The Bertz CT molecular complexity index is 490. The lowest BCUT2D eigenvalue weighted by molar-refractivity contribution is -0.121. The number of carbonyl (C=O) groups excluding carboxylic acids is 2. The highest BCUT2D eigenvalue weighted by atomic mass is 16.5. The van der Waals surface area contributed by atoms with Gasteiger partial charge in [-0.3, -0.25) is 4.79 Å². The van der Waals surface area contributed by atoms with Crippen molar-refractivity contribution in [3.8, 4) is 0 Å². The molecule has 2 aliphatic rings. The topological polar surface area (TPSA) is 85.2 Å². The zero-order valence-corrected chi connectivity index (χ0v) is 9.81. The van der Waals surface area contributed by atoms with Crippen molar-refractivity contribution in [3.05, 3.63) is 17.5 Å². The number of nitrogens with one attached hydrogen (secondary N) is 2. The van der Waals surface area contributed by atoms with Gasteiger partial charge in [0.1, 0.15) is 0 Å². The molecule has 2 N–H and O–H groups in total. The fourth-order valence-corrected chi connectivity index (χ4v) is 2.21. The lowest BCUT2D eigenvalue weighted by Crippen LogP contribution is -2.40. The molecular formula is C11H14N4O3. The number of rotatable bonds is 1. The molecule has 96 valence electrons. The molecule has 0 saturated carbocycles. The first-order chi connectivity index (χ1) is 8.74. The highest BCUT2D eigenvalue weighted by molar-refractivity contribution is 5.83. The van der Waals surface area contributed by atoms with Gasteiger partial charge in [-0.25, -0.2) is 4.79 Å². The molecule has 0 bridgehead atoms. The average Bonchev–Trinajstić information content (AvgIpc) is 2.97. The van der Waals surface area contributed by atoms with E-state index in [2.05, 4.69) is 15.7 Å². The zero-order valence-electron chi connectivity index (χ0n) is 9.81. The van der Waals surface area contributed by atoms with Gasteiger partial charge in [0.15, 0.2) is 0 Å². The Balaban J connectivity index is 1.77. The molecule has 0 spiro atoms. The normalized spacial score (nSPS) is 22.4. The van der Waals surface area contributed by atoms with E-state index < -0.39 is 0 Å². The van der Waals surface area contributed by atoms with E-state index in [-0.39, 0.29) is 24.4 Å². The summed E-state index contributed by atoms with van der Waals surface area (Å²) in [5, 5.41) is 9.62. The maximum absolute atomic E-state index is 12.0. The largest absolute Gasteiger partial charge is 0.379 e. The van der Waals surface area contributed by atoms with Crippen LogP contribution in [-0.2, 0) is 22.5 Å². The molecule has 2 aliphatic heterocycles. The van der Waals surface area contributed by atoms with Crippen LogP contribution in [0, 0.1) is 0 Å². The standard InChI is InChI=1S/C11H14N4O3/c16-10-3-9-7(4-12-10)5-13-15(9)11(17)14-8-1-2-18-6-8/h5,8H,1-4,6H2,(H,12,16)(H,14,17). The summed E-state index contributed by atoms with van der Waals surface area (Å²) < 4.78 is 6.48. The third kappa shape index (κ3) is 1.97. The van der Waals surface area contributed by atoms with E-state index in [1.54, 1.807) is 6.20 Å². The number of hydrogen-bond acceptors (Lipinski definition) is 4. The van der Waals surface area contributed by atoms with Crippen LogP contribution in [0.3, 0.4) is 0 Å². The molecular weight excluding hydrogens is 236 g/mol. The summed E-state index contributed by atoms with van der Waals surface area (Å²) in [4.78, 5) is 23.4. The van der Waals surface area contributed by atoms with Crippen LogP contribution in [0.1, 0.15) is 17.7 Å². The van der Waals surface area contributed by atoms with Crippen molar-refractivity contribution in [3.63, 3.8) is 0 Å². The number of nitrogens with zero attached hydrogens (tertiary/aromatic N) is 2. The Labute approximate surface area is 103 Å². The number of fused-ring (bicyclic) bond motifs is 1. The van der Waals surface area contributed by atoms with Crippen molar-refractivity contribution in [2.24, 2.45) is 0 Å². The highest BCUT2D eigenvalue weighted by Gasteiger charge is 2.25. The molecule has 0 radical (unpaired) electrons. The molecule has 3 heterocycles. The van der Waals surface area contributed by atoms with Crippen LogP contribution in [0.4, 0.5) is 4.79 Å². The van der Waals surface area contributed by atoms with Crippen LogP contribution in [0.5, 0.6) is 0 Å². The van der Waals surface area contributed by atoms with E-state index in [9.17, 15) is 9.59 Å². The summed E-state index contributed by atoms with van der Waals surface area (Å²) in [6, 6.07) is -0.254. The first-order valence-electron chi connectivity index (χ1n) is 5.95. The summed E-state index contributed by atoms with van der Waals surface area (Å²) in [7, 11) is 0. The molecule has 0 aromatic carbocycles. The molecule has 18 heavy (non-hydrogen) atoms. The summed E-state index contributed by atoms with van der Waals surface area (Å²) in [6.45, 7) is 1.65. The van der Waals surface area contributed by atoms with E-state index >= 15 is 0 Å². The SMILES string of the molecule is O=C1Cc2c(cnn2C(=O)NC2CCOC2)CN1. The predicted octanol–water partition coefficient (Wildman–Crippen LogP) is -0.598. The molecule has 0 aliphatic carbocycles. The third-order valence-corrected chi connectivity index (χ3v) is 3.21. The summed E-state index contributed by atoms with van der Waals surface area (Å²) in [5.41, 5.74) is 1.57. The summed E-state index contributed by atoms with van der Waals surface area (Å²) in [6.07, 6.45) is 2.64. The molecule has 1 aromatic rings. The van der Waals surface area contributed by atoms with E-state index in [0.717, 1.165) is 12.0 Å². The molecule has 7 heteroatoms. The summed E-state index contributed by atoms with van der Waals surface area (Å²) >= 11 is 0. The first-order valence-corrected chi connectivity index (χ1v) is 5.95. The molecule has 3 rings (SSSR count). The van der Waals surface area contributed by atoms with Crippen LogP contribution in [-0.4, -0.2) is 41.0 Å². The summed E-state index contributed by atoms with van der Waals surface area (Å²) in [5.74, 6) is -0.0822. The van der Waals surface area contributed by atoms with Gasteiger partial charge < -0.3 is 15.4 Å². The van der Waals surface area contributed by atoms with Crippen LogP contribution >= 0.6 is 0 Å². The van der Waals surface area contributed by atoms with Gasteiger partial charge in [-0.15, -0.1) is 0 Å². The van der Waals surface area contributed by atoms with Crippen molar-refractivity contribution >= 4 is 11.9 Å². The highest BCUT2D eigenvalue weighted by Crippen LogP contribution is 2.14. The number of ether oxygens (including phenoxy) is 1. The molecule has 2 amide bonds. The van der Waals surface area contributed by atoms with E-state index in [1.807, 2.05) is 0 Å². The maximum Gasteiger partial charge on any atom is 0.342 e. The second-order valence-corrected chi connectivity index (χ2v) is 4.49. The van der Waals surface area contributed by atoms with Gasteiger partial charge in [0.05, 0.1) is 31.0 Å². The van der Waals surface area contributed by atoms with Crippen LogP contribution < -0.4 is 10.6 Å². The molecule has 1 unspecified atom stereocenters. The number of carbonyl (C=O) groups is 2. The molecule has 7 nitrogen and oxygen atoms in total. The molecule has 1 aromatic heterocycles. The Morgan fingerprint density at radius 1 is 1.61 bits per heavy atom. The molecule has 1 saturated heterocycles. The van der Waals surface area contributed by atoms with Gasteiger partial charge in [-0.2, -0.15) is 9.78 Å². The third-order valence-electron chi connectivity index (χ3n) is 3.21. The second-order valence-electron chi connectivity index (χ2n) is 4.49. The first kappa shape index (κ1) is 11.2. The van der Waals surface area contributed by atoms with Crippen molar-refractivity contribution in [2.75, 3.05) is 13.2 Å². The zero-order chi connectivity index (χ0) is 12.5. The second kappa shape index (κ2) is 4.41. The Hall–Kier alpha value is -1.89. The minimum absolute atomic E-state index is 0.0368. The maximum atomic E-state index is 12.0. The molecule has 1 atom stereocenters. The van der Waals surface area contributed by atoms with Gasteiger partial charge in [0.25, 0.3) is 0 Å². The van der Waals surface area contributed by atoms with Crippen LogP contribution in [0.25, 0.3) is 0 Å². The predicted molar refractivity (Wildman–Crippen MR) is 60.9 cm³/mol. The fraction of sp³-hybridized carbons (Fsp3) is 0.545. The Kier molecular flexibility index (Phi) is 2.75. The molecule has 1 fully saturated rings. The van der Waals surface area contributed by atoms with Crippen molar-refractivity contribution in [1.29, 1.82) is 0 Å². The number of amides is 2. The van der Waals surface area contributed by atoms with E-state index in [0.29, 0.717) is 25.5 Å². The lowest BCUT2D eigenvalue weighted by atomic mass is 10.1. The monoisotopic (exact) mass is 250 g/mol. The van der Waals surface area contributed by atoms with Crippen LogP contribution in [0.15, 0.2) is 6.20 Å². The van der Waals surface area contributed by atoms with Crippen LogP contribution in [0.2, 0.25) is 0 Å². The van der Waals surface area contributed by atoms with Gasteiger partial charge >= 0.3 is 6.03 Å². The average molecular weight is 250 g/mol.